The number of nitrogens with one attached hydrogen (secondary N) is 1. The standard InChI is InChI=1S/C29H28ClFN8O4/c30-18-2-1-17(21(31)12-18)11-25-32-7-3-27(35-25)42-19-4-8-38(9-5-19)16-26-34-22-13-23(28-36-29(40)43-37-28)33-14-24(22)39(26)15-20-6-10-41-20/h1-3,7,12-14,19-20H,4-6,8-11,15-16H2,(H,36,37,40)/t20-/m0/s1. The van der Waals surface area contributed by atoms with Crippen molar-refractivity contribution in [3.05, 3.63) is 81.3 Å². The Morgan fingerprint density at radius 3 is 2.72 bits per heavy atom. The molecule has 2 fully saturated rings. The Morgan fingerprint density at radius 2 is 1.98 bits per heavy atom. The summed E-state index contributed by atoms with van der Waals surface area (Å²) in [5.74, 6) is 1.14. The molecule has 0 amide bonds. The molecule has 1 aromatic carbocycles. The lowest BCUT2D eigenvalue weighted by Crippen LogP contribution is -2.39. The van der Waals surface area contributed by atoms with Gasteiger partial charge in [-0.1, -0.05) is 22.8 Å². The van der Waals surface area contributed by atoms with E-state index in [9.17, 15) is 9.18 Å². The SMILES string of the molecule is O=c1[nH]c(-c2cc3nc(CN4CCC(Oc5ccnc(Cc6ccc(Cl)cc6F)n5)CC4)n(C[C@@H]4CCO4)c3cn2)no1. The highest BCUT2D eigenvalue weighted by molar-refractivity contribution is 6.30. The number of halogens is 2. The molecule has 0 spiro atoms. The topological polar surface area (TPSA) is 137 Å². The van der Waals surface area contributed by atoms with Gasteiger partial charge in [0.2, 0.25) is 11.7 Å². The van der Waals surface area contributed by atoms with Gasteiger partial charge in [-0.3, -0.25) is 19.4 Å². The second-order valence-corrected chi connectivity index (χ2v) is 11.2. The van der Waals surface area contributed by atoms with E-state index in [4.69, 9.17) is 26.1 Å². The summed E-state index contributed by atoms with van der Waals surface area (Å²) in [5.41, 5.74) is 2.62. The molecular weight excluding hydrogens is 579 g/mol. The van der Waals surface area contributed by atoms with E-state index in [1.165, 1.54) is 6.07 Å². The van der Waals surface area contributed by atoms with Crippen LogP contribution in [0.3, 0.4) is 0 Å². The molecule has 7 rings (SSSR count). The second-order valence-electron chi connectivity index (χ2n) is 10.7. The third-order valence-electron chi connectivity index (χ3n) is 7.81. The predicted molar refractivity (Wildman–Crippen MR) is 153 cm³/mol. The molecule has 2 aliphatic rings. The van der Waals surface area contributed by atoms with Gasteiger partial charge in [0.1, 0.15) is 29.3 Å². The van der Waals surface area contributed by atoms with Gasteiger partial charge in [-0.2, -0.15) is 4.98 Å². The summed E-state index contributed by atoms with van der Waals surface area (Å²) < 4.78 is 33.0. The van der Waals surface area contributed by atoms with Gasteiger partial charge < -0.3 is 14.0 Å². The monoisotopic (exact) mass is 606 g/mol. The Bertz CT molecular complexity index is 1810. The van der Waals surface area contributed by atoms with Crippen LogP contribution in [0, 0.1) is 5.82 Å². The fourth-order valence-electron chi connectivity index (χ4n) is 5.42. The number of nitrogens with zero attached hydrogens (tertiary/aromatic N) is 7. The summed E-state index contributed by atoms with van der Waals surface area (Å²) in [6.45, 7) is 3.78. The van der Waals surface area contributed by atoms with Gasteiger partial charge in [0.15, 0.2) is 0 Å². The molecule has 0 unspecified atom stereocenters. The minimum absolute atomic E-state index is 0.00448. The molecule has 5 aromatic rings. The maximum absolute atomic E-state index is 14.3. The normalized spacial score (nSPS) is 17.8. The van der Waals surface area contributed by atoms with Crippen molar-refractivity contribution < 1.29 is 18.4 Å². The number of piperidine rings is 1. The number of rotatable bonds is 9. The fourth-order valence-corrected chi connectivity index (χ4v) is 5.58. The number of hydrogen-bond acceptors (Lipinski definition) is 10. The van der Waals surface area contributed by atoms with Crippen LogP contribution in [-0.2, 0) is 24.2 Å². The zero-order valence-corrected chi connectivity index (χ0v) is 23.8. The number of likely N-dealkylation sites (tertiary alicyclic amines) is 1. The molecule has 2 aliphatic heterocycles. The van der Waals surface area contributed by atoms with Crippen LogP contribution in [-0.4, -0.2) is 71.4 Å². The average Bonchev–Trinajstić information content (AvgIpc) is 3.56. The molecule has 2 saturated heterocycles. The van der Waals surface area contributed by atoms with Crippen molar-refractivity contribution in [1.29, 1.82) is 0 Å². The van der Waals surface area contributed by atoms with E-state index in [0.717, 1.165) is 55.8 Å². The third-order valence-corrected chi connectivity index (χ3v) is 8.04. The molecular formula is C29H28ClFN8O4. The zero-order chi connectivity index (χ0) is 29.3. The molecule has 222 valence electrons. The minimum atomic E-state index is -0.633. The highest BCUT2D eigenvalue weighted by Gasteiger charge is 2.26. The maximum atomic E-state index is 14.3. The molecule has 0 radical (unpaired) electrons. The molecule has 0 aliphatic carbocycles. The lowest BCUT2D eigenvalue weighted by Gasteiger charge is -2.32. The Kier molecular flexibility index (Phi) is 7.59. The summed E-state index contributed by atoms with van der Waals surface area (Å²) in [5, 5.41) is 4.10. The van der Waals surface area contributed by atoms with Crippen molar-refractivity contribution in [3.8, 4) is 17.4 Å². The van der Waals surface area contributed by atoms with E-state index in [-0.39, 0.29) is 30.3 Å². The van der Waals surface area contributed by atoms with Crippen LogP contribution in [0.4, 0.5) is 4.39 Å². The van der Waals surface area contributed by atoms with Crippen LogP contribution in [0.2, 0.25) is 5.02 Å². The van der Waals surface area contributed by atoms with E-state index < -0.39 is 5.76 Å². The van der Waals surface area contributed by atoms with Gasteiger partial charge in [-0.25, -0.2) is 19.2 Å². The molecule has 0 saturated carbocycles. The number of H-pyrrole nitrogens is 1. The van der Waals surface area contributed by atoms with Crippen molar-refractivity contribution in [2.24, 2.45) is 0 Å². The molecule has 1 atom stereocenters. The van der Waals surface area contributed by atoms with E-state index >= 15 is 0 Å². The van der Waals surface area contributed by atoms with Crippen molar-refractivity contribution in [1.82, 2.24) is 39.5 Å². The highest BCUT2D eigenvalue weighted by Crippen LogP contribution is 2.26. The lowest BCUT2D eigenvalue weighted by molar-refractivity contribution is -0.0592. The van der Waals surface area contributed by atoms with Crippen LogP contribution in [0.25, 0.3) is 22.6 Å². The smallest absolute Gasteiger partial charge is 0.439 e. The summed E-state index contributed by atoms with van der Waals surface area (Å²) >= 11 is 5.87. The zero-order valence-electron chi connectivity index (χ0n) is 23.1. The van der Waals surface area contributed by atoms with E-state index in [1.807, 2.05) is 6.07 Å². The summed E-state index contributed by atoms with van der Waals surface area (Å²) in [6.07, 6.45) is 6.44. The molecule has 43 heavy (non-hydrogen) atoms. The van der Waals surface area contributed by atoms with Gasteiger partial charge in [-0.15, -0.1) is 0 Å². The Balaban J connectivity index is 1.01. The third kappa shape index (κ3) is 6.14. The molecule has 1 N–H and O–H groups in total. The average molecular weight is 607 g/mol. The fraction of sp³-hybridized carbons (Fsp3) is 0.379. The Labute approximate surface area is 249 Å². The number of imidazole rings is 1. The largest absolute Gasteiger partial charge is 0.474 e. The Hall–Kier alpha value is -4.20. The Morgan fingerprint density at radius 1 is 1.12 bits per heavy atom. The van der Waals surface area contributed by atoms with Gasteiger partial charge in [0.25, 0.3) is 0 Å². The van der Waals surface area contributed by atoms with Crippen LogP contribution in [0.5, 0.6) is 5.88 Å². The highest BCUT2D eigenvalue weighted by atomic mass is 35.5. The quantitative estimate of drug-likeness (QED) is 0.264. The number of ether oxygens (including phenoxy) is 2. The number of aromatic amines is 1. The van der Waals surface area contributed by atoms with E-state index in [2.05, 4.69) is 39.1 Å². The van der Waals surface area contributed by atoms with Crippen LogP contribution >= 0.6 is 11.6 Å². The second kappa shape index (κ2) is 11.8. The summed E-state index contributed by atoms with van der Waals surface area (Å²) in [4.78, 5) is 34.5. The maximum Gasteiger partial charge on any atom is 0.439 e. The number of fused-ring (bicyclic) bond motifs is 1. The van der Waals surface area contributed by atoms with E-state index in [0.29, 0.717) is 41.1 Å². The van der Waals surface area contributed by atoms with Crippen molar-refractivity contribution in [2.75, 3.05) is 19.7 Å². The van der Waals surface area contributed by atoms with Gasteiger partial charge in [-0.05, 0) is 43.0 Å². The van der Waals surface area contributed by atoms with E-state index in [1.54, 1.807) is 30.6 Å². The van der Waals surface area contributed by atoms with Gasteiger partial charge in [0.05, 0.1) is 36.4 Å². The number of pyridine rings is 1. The van der Waals surface area contributed by atoms with Gasteiger partial charge >= 0.3 is 5.76 Å². The van der Waals surface area contributed by atoms with Crippen molar-refractivity contribution in [2.45, 2.75) is 51.0 Å². The first kappa shape index (κ1) is 27.6. The van der Waals surface area contributed by atoms with Crippen LogP contribution in [0.15, 0.2) is 52.0 Å². The molecule has 14 heteroatoms. The summed E-state index contributed by atoms with van der Waals surface area (Å²) in [7, 11) is 0. The predicted octanol–water partition coefficient (Wildman–Crippen LogP) is 3.78. The molecule has 12 nitrogen and oxygen atoms in total. The van der Waals surface area contributed by atoms with Gasteiger partial charge in [0, 0.05) is 43.4 Å². The first-order chi connectivity index (χ1) is 21.0. The van der Waals surface area contributed by atoms with Crippen LogP contribution in [0.1, 0.15) is 36.5 Å². The first-order valence-corrected chi connectivity index (χ1v) is 14.5. The minimum Gasteiger partial charge on any atom is -0.474 e. The van der Waals surface area contributed by atoms with Crippen molar-refractivity contribution >= 4 is 22.6 Å². The first-order valence-electron chi connectivity index (χ1n) is 14.1. The lowest BCUT2D eigenvalue weighted by atomic mass is 10.1. The number of aromatic nitrogens is 7. The molecule has 0 bridgehead atoms. The molecule has 4 aromatic heterocycles. The summed E-state index contributed by atoms with van der Waals surface area (Å²) in [6, 6.07) is 8.13. The van der Waals surface area contributed by atoms with Crippen LogP contribution < -0.4 is 10.5 Å². The number of hydrogen-bond donors (Lipinski definition) is 1. The molecule has 6 heterocycles. The number of benzene rings is 1. The van der Waals surface area contributed by atoms with Crippen molar-refractivity contribution in [3.63, 3.8) is 0 Å².